The third-order valence-corrected chi connectivity index (χ3v) is 1.82. The van der Waals surface area contributed by atoms with E-state index >= 15 is 0 Å². The molecule has 0 aromatic heterocycles. The summed E-state index contributed by atoms with van der Waals surface area (Å²) in [4.78, 5) is 13.7. The summed E-state index contributed by atoms with van der Waals surface area (Å²) in [5.74, 6) is 0.196. The van der Waals surface area contributed by atoms with Crippen molar-refractivity contribution in [2.75, 3.05) is 7.05 Å². The Kier molecular flexibility index (Phi) is 2.72. The minimum absolute atomic E-state index is 0.0110. The lowest BCUT2D eigenvalue weighted by Crippen LogP contribution is -2.49. The van der Waals surface area contributed by atoms with Crippen molar-refractivity contribution >= 4 is 17.4 Å². The maximum absolute atomic E-state index is 10.5. The highest BCUT2D eigenvalue weighted by Crippen LogP contribution is 2.13. The number of hydrogen-bond acceptors (Lipinski definition) is 4. The van der Waals surface area contributed by atoms with Crippen molar-refractivity contribution in [2.45, 2.75) is 13.1 Å². The Bertz CT molecular complexity index is 299. The van der Waals surface area contributed by atoms with Crippen molar-refractivity contribution < 1.29 is 4.92 Å². The minimum atomic E-state index is -0.573. The monoisotopic (exact) mass is 204 g/mol. The molecule has 1 atom stereocenters. The zero-order valence-electron chi connectivity index (χ0n) is 7.17. The average molecular weight is 205 g/mol. The first kappa shape index (κ1) is 9.79. The van der Waals surface area contributed by atoms with Crippen molar-refractivity contribution in [3.05, 3.63) is 21.0 Å². The fourth-order valence-corrected chi connectivity index (χ4v) is 1.33. The van der Waals surface area contributed by atoms with E-state index in [4.69, 9.17) is 11.6 Å². The Morgan fingerprint density at radius 3 is 2.69 bits per heavy atom. The average Bonchev–Trinajstić information content (AvgIpc) is 2.01. The first-order valence-corrected chi connectivity index (χ1v) is 3.98. The Morgan fingerprint density at radius 1 is 1.62 bits per heavy atom. The van der Waals surface area contributed by atoms with Crippen LogP contribution < -0.4 is 10.6 Å². The normalized spacial score (nSPS) is 25.5. The molecule has 1 unspecified atom stereocenters. The molecule has 1 rings (SSSR count). The first-order valence-electron chi connectivity index (χ1n) is 3.60. The number of rotatable bonds is 1. The van der Waals surface area contributed by atoms with Gasteiger partial charge in [-0.05, 0) is 6.92 Å². The van der Waals surface area contributed by atoms with E-state index in [1.165, 1.54) is 7.05 Å². The Labute approximate surface area is 79.8 Å². The summed E-state index contributed by atoms with van der Waals surface area (Å²) in [7, 11) is 1.47. The lowest BCUT2D eigenvalue weighted by Gasteiger charge is -2.22. The second kappa shape index (κ2) is 3.61. The third-order valence-electron chi connectivity index (χ3n) is 1.53. The number of hydrogen-bond donors (Lipinski definition) is 2. The van der Waals surface area contributed by atoms with Crippen molar-refractivity contribution in [1.29, 1.82) is 0 Å². The van der Waals surface area contributed by atoms with Gasteiger partial charge in [0.15, 0.2) is 5.16 Å². The van der Waals surface area contributed by atoms with Crippen LogP contribution in [0.2, 0.25) is 0 Å². The smallest absolute Gasteiger partial charge is 0.345 e. The fourth-order valence-electron chi connectivity index (χ4n) is 1.01. The number of nitro groups is 1. The van der Waals surface area contributed by atoms with Crippen molar-refractivity contribution in [3.8, 4) is 0 Å². The molecule has 1 aliphatic heterocycles. The highest BCUT2D eigenvalue weighted by Gasteiger charge is 2.30. The number of aliphatic imine (C=N–C) groups is 1. The summed E-state index contributed by atoms with van der Waals surface area (Å²) in [6.07, 6.45) is -0.158. The molecule has 0 saturated carbocycles. The molecule has 13 heavy (non-hydrogen) atoms. The van der Waals surface area contributed by atoms with Gasteiger partial charge in [-0.3, -0.25) is 15.1 Å². The number of nitrogens with one attached hydrogen (secondary N) is 2. The second-order valence-electron chi connectivity index (χ2n) is 2.50. The van der Waals surface area contributed by atoms with Crippen LogP contribution in [-0.2, 0) is 0 Å². The van der Waals surface area contributed by atoms with E-state index in [0.717, 1.165) is 0 Å². The van der Waals surface area contributed by atoms with Gasteiger partial charge < -0.3 is 10.6 Å². The van der Waals surface area contributed by atoms with Gasteiger partial charge in [0.05, 0.1) is 11.1 Å². The van der Waals surface area contributed by atoms with Crippen LogP contribution in [0.1, 0.15) is 6.92 Å². The second-order valence-corrected chi connectivity index (χ2v) is 2.88. The molecule has 1 heterocycles. The molecule has 0 radical (unpaired) electrons. The van der Waals surface area contributed by atoms with Crippen LogP contribution >= 0.6 is 11.6 Å². The van der Waals surface area contributed by atoms with Gasteiger partial charge in [-0.25, -0.2) is 0 Å². The van der Waals surface area contributed by atoms with Gasteiger partial charge in [0.2, 0.25) is 5.84 Å². The quantitative estimate of drug-likeness (QED) is 0.364. The van der Waals surface area contributed by atoms with Crippen LogP contribution in [0.4, 0.5) is 0 Å². The third kappa shape index (κ3) is 1.89. The van der Waals surface area contributed by atoms with E-state index < -0.39 is 4.92 Å². The molecule has 72 valence electrons. The molecule has 0 amide bonds. The number of halogens is 1. The van der Waals surface area contributed by atoms with E-state index in [1.807, 2.05) is 0 Å². The summed E-state index contributed by atoms with van der Waals surface area (Å²) in [5, 5.41) is 16.0. The molecular weight excluding hydrogens is 196 g/mol. The SMILES string of the molecule is CN=C1NC(C)NC(Cl)=C1[N+](=O)[O-]. The standard InChI is InChI=1S/C6H9ClN4O2/c1-3-9-5(7)4(11(12)13)6(8-2)10-3/h3,9H,1-2H3,(H,8,10). The molecule has 1 aliphatic rings. The molecule has 6 nitrogen and oxygen atoms in total. The molecular formula is C6H9ClN4O2. The van der Waals surface area contributed by atoms with Gasteiger partial charge in [0.1, 0.15) is 0 Å². The van der Waals surface area contributed by atoms with Crippen LogP contribution in [0.15, 0.2) is 15.8 Å². The lowest BCUT2D eigenvalue weighted by molar-refractivity contribution is -0.416. The van der Waals surface area contributed by atoms with Crippen molar-refractivity contribution in [1.82, 2.24) is 10.6 Å². The van der Waals surface area contributed by atoms with Crippen LogP contribution in [0.3, 0.4) is 0 Å². The van der Waals surface area contributed by atoms with E-state index in [0.29, 0.717) is 0 Å². The molecule has 2 N–H and O–H groups in total. The van der Waals surface area contributed by atoms with Gasteiger partial charge in [0.25, 0.3) is 0 Å². The van der Waals surface area contributed by atoms with E-state index in [-0.39, 0.29) is 22.9 Å². The zero-order valence-corrected chi connectivity index (χ0v) is 7.92. The predicted octanol–water partition coefficient (Wildman–Crippen LogP) is 0.238. The first-order chi connectivity index (χ1) is 6.06. The fraction of sp³-hybridized carbons (Fsp3) is 0.500. The van der Waals surface area contributed by atoms with E-state index in [9.17, 15) is 10.1 Å². The molecule has 7 heteroatoms. The Morgan fingerprint density at radius 2 is 2.23 bits per heavy atom. The van der Waals surface area contributed by atoms with E-state index in [1.54, 1.807) is 6.92 Å². The highest BCUT2D eigenvalue weighted by atomic mass is 35.5. The van der Waals surface area contributed by atoms with Crippen LogP contribution in [-0.4, -0.2) is 24.0 Å². The number of nitrogens with zero attached hydrogens (tertiary/aromatic N) is 2. The zero-order chi connectivity index (χ0) is 10.0. The number of amidine groups is 1. The largest absolute Gasteiger partial charge is 0.350 e. The maximum atomic E-state index is 10.5. The summed E-state index contributed by atoms with van der Waals surface area (Å²) >= 11 is 5.65. The summed E-state index contributed by atoms with van der Waals surface area (Å²) in [6.45, 7) is 1.78. The Hall–Kier alpha value is -1.30. The molecule has 0 aromatic carbocycles. The predicted molar refractivity (Wildman–Crippen MR) is 49.0 cm³/mol. The molecule has 0 spiro atoms. The molecule has 0 bridgehead atoms. The van der Waals surface area contributed by atoms with Gasteiger partial charge >= 0.3 is 5.70 Å². The highest BCUT2D eigenvalue weighted by molar-refractivity contribution is 6.31. The minimum Gasteiger partial charge on any atom is -0.350 e. The Balaban J connectivity index is 3.11. The van der Waals surface area contributed by atoms with Crippen molar-refractivity contribution in [3.63, 3.8) is 0 Å². The van der Waals surface area contributed by atoms with Gasteiger partial charge in [-0.2, -0.15) is 0 Å². The van der Waals surface area contributed by atoms with Crippen molar-refractivity contribution in [2.24, 2.45) is 4.99 Å². The topological polar surface area (TPSA) is 79.6 Å². The molecule has 0 fully saturated rings. The molecule has 0 saturated heterocycles. The lowest BCUT2D eigenvalue weighted by atomic mass is 10.3. The molecule has 0 aromatic rings. The van der Waals surface area contributed by atoms with Gasteiger partial charge in [0, 0.05) is 7.05 Å². The maximum Gasteiger partial charge on any atom is 0.345 e. The van der Waals surface area contributed by atoms with Gasteiger partial charge in [-0.1, -0.05) is 11.6 Å². The van der Waals surface area contributed by atoms with Crippen LogP contribution in [0.25, 0.3) is 0 Å². The van der Waals surface area contributed by atoms with Gasteiger partial charge in [-0.15, -0.1) is 0 Å². The molecule has 0 aliphatic carbocycles. The van der Waals surface area contributed by atoms with Crippen LogP contribution in [0, 0.1) is 10.1 Å². The summed E-state index contributed by atoms with van der Waals surface area (Å²) < 4.78 is 0. The summed E-state index contributed by atoms with van der Waals surface area (Å²) in [6, 6.07) is 0. The van der Waals surface area contributed by atoms with E-state index in [2.05, 4.69) is 15.6 Å². The summed E-state index contributed by atoms with van der Waals surface area (Å²) in [5.41, 5.74) is -0.220. The van der Waals surface area contributed by atoms with Crippen LogP contribution in [0.5, 0.6) is 0 Å².